The fourth-order valence-corrected chi connectivity index (χ4v) is 3.73. The Balaban J connectivity index is 1.38. The van der Waals surface area contributed by atoms with Crippen LogP contribution >= 0.6 is 0 Å². The highest BCUT2D eigenvalue weighted by atomic mass is 19.1. The Bertz CT molecular complexity index is 634. The van der Waals surface area contributed by atoms with Crippen molar-refractivity contribution in [1.29, 1.82) is 0 Å². The number of hydrogen-bond acceptors (Lipinski definition) is 4. The van der Waals surface area contributed by atoms with Crippen molar-refractivity contribution >= 4 is 5.95 Å². The van der Waals surface area contributed by atoms with Gasteiger partial charge in [0.15, 0.2) is 0 Å². The Morgan fingerprint density at radius 3 is 2.41 bits per heavy atom. The number of nitrogens with zero attached hydrogens (tertiary/aromatic N) is 4. The molecular formula is C17H19FN4. The number of rotatable bonds is 3. The molecule has 0 spiro atoms. The summed E-state index contributed by atoms with van der Waals surface area (Å²) in [6, 6.07) is 8.77. The minimum atomic E-state index is -0.149. The molecule has 114 valence electrons. The molecule has 4 rings (SSSR count). The topological polar surface area (TPSA) is 32.3 Å². The van der Waals surface area contributed by atoms with Gasteiger partial charge >= 0.3 is 0 Å². The molecule has 2 aliphatic heterocycles. The van der Waals surface area contributed by atoms with Gasteiger partial charge in [0.1, 0.15) is 5.82 Å². The molecule has 0 amide bonds. The zero-order chi connectivity index (χ0) is 14.9. The van der Waals surface area contributed by atoms with Gasteiger partial charge in [0.25, 0.3) is 0 Å². The number of likely N-dealkylation sites (tertiary alicyclic amines) is 1. The molecule has 0 N–H and O–H groups in total. The maximum Gasteiger partial charge on any atom is 0.225 e. The molecule has 0 saturated carbocycles. The van der Waals surface area contributed by atoms with Gasteiger partial charge in [0, 0.05) is 45.1 Å². The predicted octanol–water partition coefficient (Wildman–Crippen LogP) is 2.18. The maximum absolute atomic E-state index is 13.3. The maximum atomic E-state index is 13.3. The minimum absolute atomic E-state index is 0.149. The molecule has 0 radical (unpaired) electrons. The summed E-state index contributed by atoms with van der Waals surface area (Å²) in [5, 5.41) is 0. The standard InChI is InChI=1S/C17H19FN4/c18-16-4-1-3-13(7-16)8-21-9-14-11-22(12-15(14)10-21)17-19-5-2-6-20-17/h1-7,14-15H,8-12H2/t14-,15+. The summed E-state index contributed by atoms with van der Waals surface area (Å²) < 4.78 is 13.3. The third-order valence-corrected chi connectivity index (χ3v) is 4.69. The number of aromatic nitrogens is 2. The summed E-state index contributed by atoms with van der Waals surface area (Å²) in [5.41, 5.74) is 1.06. The van der Waals surface area contributed by atoms with Gasteiger partial charge in [-0.05, 0) is 35.6 Å². The van der Waals surface area contributed by atoms with Gasteiger partial charge in [0.2, 0.25) is 5.95 Å². The number of anilines is 1. The van der Waals surface area contributed by atoms with Crippen molar-refractivity contribution in [3.05, 3.63) is 54.1 Å². The second kappa shape index (κ2) is 5.65. The summed E-state index contributed by atoms with van der Waals surface area (Å²) in [5.74, 6) is 2.02. The number of halogens is 1. The fourth-order valence-electron chi connectivity index (χ4n) is 3.73. The van der Waals surface area contributed by atoms with E-state index in [1.165, 1.54) is 6.07 Å². The van der Waals surface area contributed by atoms with E-state index in [9.17, 15) is 4.39 Å². The molecule has 0 aliphatic carbocycles. The Kier molecular flexibility index (Phi) is 3.50. The van der Waals surface area contributed by atoms with Crippen LogP contribution in [0.2, 0.25) is 0 Å². The molecule has 1 aromatic heterocycles. The first-order valence-electron chi connectivity index (χ1n) is 7.77. The normalized spacial score (nSPS) is 24.7. The van der Waals surface area contributed by atoms with Gasteiger partial charge in [-0.25, -0.2) is 14.4 Å². The van der Waals surface area contributed by atoms with Gasteiger partial charge < -0.3 is 4.90 Å². The molecule has 2 fully saturated rings. The first kappa shape index (κ1) is 13.6. The minimum Gasteiger partial charge on any atom is -0.340 e. The molecule has 2 saturated heterocycles. The second-order valence-electron chi connectivity index (χ2n) is 6.30. The molecular weight excluding hydrogens is 279 g/mol. The second-order valence-corrected chi connectivity index (χ2v) is 6.30. The van der Waals surface area contributed by atoms with E-state index < -0.39 is 0 Å². The van der Waals surface area contributed by atoms with Crippen LogP contribution in [0, 0.1) is 17.7 Å². The molecule has 4 nitrogen and oxygen atoms in total. The van der Waals surface area contributed by atoms with Crippen molar-refractivity contribution in [2.45, 2.75) is 6.54 Å². The highest BCUT2D eigenvalue weighted by Crippen LogP contribution is 2.33. The van der Waals surface area contributed by atoms with E-state index in [1.807, 2.05) is 12.1 Å². The molecule has 2 atom stereocenters. The average Bonchev–Trinajstić information content (AvgIpc) is 3.06. The van der Waals surface area contributed by atoms with Gasteiger partial charge in [-0.3, -0.25) is 4.90 Å². The quantitative estimate of drug-likeness (QED) is 0.869. The van der Waals surface area contributed by atoms with Gasteiger partial charge in [-0.15, -0.1) is 0 Å². The summed E-state index contributed by atoms with van der Waals surface area (Å²) in [7, 11) is 0. The molecule has 0 bridgehead atoms. The van der Waals surface area contributed by atoms with Gasteiger partial charge in [0.05, 0.1) is 0 Å². The monoisotopic (exact) mass is 298 g/mol. The van der Waals surface area contributed by atoms with Crippen molar-refractivity contribution in [3.8, 4) is 0 Å². The zero-order valence-electron chi connectivity index (χ0n) is 12.4. The van der Waals surface area contributed by atoms with E-state index in [-0.39, 0.29) is 5.82 Å². The summed E-state index contributed by atoms with van der Waals surface area (Å²) in [6.45, 7) is 5.03. The fraction of sp³-hybridized carbons (Fsp3) is 0.412. The summed E-state index contributed by atoms with van der Waals surface area (Å²) in [6.07, 6.45) is 3.60. The molecule has 3 heterocycles. The smallest absolute Gasteiger partial charge is 0.225 e. The molecule has 0 unspecified atom stereocenters. The van der Waals surface area contributed by atoms with Crippen LogP contribution in [0.5, 0.6) is 0 Å². The Morgan fingerprint density at radius 1 is 1.00 bits per heavy atom. The lowest BCUT2D eigenvalue weighted by Crippen LogP contribution is -2.29. The van der Waals surface area contributed by atoms with Crippen LogP contribution in [0.25, 0.3) is 0 Å². The van der Waals surface area contributed by atoms with E-state index in [2.05, 4.69) is 19.8 Å². The van der Waals surface area contributed by atoms with Crippen LogP contribution in [0.4, 0.5) is 10.3 Å². The van der Waals surface area contributed by atoms with Crippen molar-refractivity contribution in [2.24, 2.45) is 11.8 Å². The largest absolute Gasteiger partial charge is 0.340 e. The molecule has 22 heavy (non-hydrogen) atoms. The first-order chi connectivity index (χ1) is 10.8. The average molecular weight is 298 g/mol. The van der Waals surface area contributed by atoms with Crippen molar-refractivity contribution in [3.63, 3.8) is 0 Å². The zero-order valence-corrected chi connectivity index (χ0v) is 12.4. The molecule has 2 aromatic rings. The highest BCUT2D eigenvalue weighted by Gasteiger charge is 2.40. The van der Waals surface area contributed by atoms with Gasteiger partial charge in [-0.2, -0.15) is 0 Å². The third-order valence-electron chi connectivity index (χ3n) is 4.69. The molecule has 5 heteroatoms. The van der Waals surface area contributed by atoms with Crippen LogP contribution in [-0.4, -0.2) is 41.0 Å². The third kappa shape index (κ3) is 2.68. The van der Waals surface area contributed by atoms with Crippen LogP contribution in [0.15, 0.2) is 42.7 Å². The van der Waals surface area contributed by atoms with Crippen molar-refractivity contribution in [1.82, 2.24) is 14.9 Å². The number of fused-ring (bicyclic) bond motifs is 1. The Hall–Kier alpha value is -2.01. The Labute approximate surface area is 129 Å². The molecule has 2 aliphatic rings. The van der Waals surface area contributed by atoms with Gasteiger partial charge in [-0.1, -0.05) is 12.1 Å². The van der Waals surface area contributed by atoms with Crippen molar-refractivity contribution in [2.75, 3.05) is 31.1 Å². The summed E-state index contributed by atoms with van der Waals surface area (Å²) in [4.78, 5) is 13.4. The highest BCUT2D eigenvalue weighted by molar-refractivity contribution is 5.32. The molecule has 1 aromatic carbocycles. The SMILES string of the molecule is Fc1cccc(CN2C[C@@H]3CN(c4ncccn4)C[C@@H]3C2)c1. The Morgan fingerprint density at radius 2 is 1.73 bits per heavy atom. The van der Waals surface area contributed by atoms with E-state index >= 15 is 0 Å². The van der Waals surface area contributed by atoms with E-state index in [4.69, 9.17) is 0 Å². The lowest BCUT2D eigenvalue weighted by Gasteiger charge is -2.21. The van der Waals surface area contributed by atoms with Crippen LogP contribution < -0.4 is 4.90 Å². The number of hydrogen-bond donors (Lipinski definition) is 0. The van der Waals surface area contributed by atoms with E-state index in [1.54, 1.807) is 24.5 Å². The van der Waals surface area contributed by atoms with Crippen molar-refractivity contribution < 1.29 is 4.39 Å². The van der Waals surface area contributed by atoms with E-state index in [0.29, 0.717) is 11.8 Å². The van der Waals surface area contributed by atoms with Crippen LogP contribution in [-0.2, 0) is 6.54 Å². The predicted molar refractivity (Wildman–Crippen MR) is 82.9 cm³/mol. The number of benzene rings is 1. The van der Waals surface area contributed by atoms with Crippen LogP contribution in [0.3, 0.4) is 0 Å². The van der Waals surface area contributed by atoms with Crippen LogP contribution in [0.1, 0.15) is 5.56 Å². The van der Waals surface area contributed by atoms with E-state index in [0.717, 1.165) is 44.2 Å². The summed E-state index contributed by atoms with van der Waals surface area (Å²) >= 11 is 0. The lowest BCUT2D eigenvalue weighted by molar-refractivity contribution is 0.308. The lowest BCUT2D eigenvalue weighted by atomic mass is 10.0. The first-order valence-corrected chi connectivity index (χ1v) is 7.77.